The van der Waals surface area contributed by atoms with E-state index in [0.29, 0.717) is 17.4 Å². The highest BCUT2D eigenvalue weighted by molar-refractivity contribution is 7.99. The fraction of sp³-hybridized carbons (Fsp3) is 0.591. The van der Waals surface area contributed by atoms with Gasteiger partial charge in [0.05, 0.1) is 4.90 Å². The molecule has 3 aromatic carbocycles. The molecular formula is C44H65NO4S. The predicted molar refractivity (Wildman–Crippen MR) is 213 cm³/mol. The van der Waals surface area contributed by atoms with Crippen molar-refractivity contribution < 1.29 is 19.7 Å². The van der Waals surface area contributed by atoms with Crippen molar-refractivity contribution in [1.82, 2.24) is 0 Å². The van der Waals surface area contributed by atoms with Gasteiger partial charge in [-0.2, -0.15) is 0 Å². The number of aromatic hydroxyl groups is 2. The summed E-state index contributed by atoms with van der Waals surface area (Å²) in [7, 11) is 0. The van der Waals surface area contributed by atoms with Crippen molar-refractivity contribution in [2.24, 2.45) is 0 Å². The third-order valence-corrected chi connectivity index (χ3v) is 11.3. The molecule has 0 fully saturated rings. The highest BCUT2D eigenvalue weighted by atomic mass is 32.2. The van der Waals surface area contributed by atoms with E-state index < -0.39 is 0 Å². The number of nitrogens with zero attached hydrogens (tertiary/aromatic N) is 1. The van der Waals surface area contributed by atoms with Crippen LogP contribution in [-0.4, -0.2) is 34.3 Å². The molecule has 2 N–H and O–H groups in total. The Morgan fingerprint density at radius 1 is 0.760 bits per heavy atom. The lowest BCUT2D eigenvalue weighted by Gasteiger charge is -2.36. The van der Waals surface area contributed by atoms with Crippen LogP contribution in [-0.2, 0) is 0 Å². The predicted octanol–water partition coefficient (Wildman–Crippen LogP) is 12.9. The van der Waals surface area contributed by atoms with Crippen LogP contribution in [0.3, 0.4) is 0 Å². The minimum absolute atomic E-state index is 0.0276. The van der Waals surface area contributed by atoms with Crippen LogP contribution in [0.5, 0.6) is 23.0 Å². The molecule has 0 saturated heterocycles. The van der Waals surface area contributed by atoms with Gasteiger partial charge in [0.1, 0.15) is 28.6 Å². The first-order chi connectivity index (χ1) is 24.0. The molecule has 0 radical (unpaired) electrons. The summed E-state index contributed by atoms with van der Waals surface area (Å²) in [6.07, 6.45) is 16.9. The number of ether oxygens (including phenoxy) is 2. The number of para-hydroxylation sites is 1. The van der Waals surface area contributed by atoms with Crippen molar-refractivity contribution in [1.29, 1.82) is 0 Å². The van der Waals surface area contributed by atoms with E-state index in [1.165, 1.54) is 69.9 Å². The van der Waals surface area contributed by atoms with Crippen molar-refractivity contribution in [3.05, 3.63) is 71.3 Å². The molecule has 0 aromatic heterocycles. The van der Waals surface area contributed by atoms with Gasteiger partial charge in [0.25, 0.3) is 0 Å². The average molecular weight is 704 g/mol. The lowest BCUT2D eigenvalue weighted by Crippen LogP contribution is -2.41. The number of fused-ring (bicyclic) bond motifs is 2. The molecule has 6 heteroatoms. The summed E-state index contributed by atoms with van der Waals surface area (Å²) in [6, 6.07) is 18.2. The lowest BCUT2D eigenvalue weighted by molar-refractivity contribution is 0.0740. The summed E-state index contributed by atoms with van der Waals surface area (Å²) in [5.41, 5.74) is 4.16. The van der Waals surface area contributed by atoms with Gasteiger partial charge in [-0.05, 0) is 93.7 Å². The van der Waals surface area contributed by atoms with E-state index in [1.54, 1.807) is 11.8 Å². The summed E-state index contributed by atoms with van der Waals surface area (Å²) in [5.74, 6) is 4.34. The standard InChI is InChI=1S/C24H40O2S.C20H25NO2/c1-5-6-7-8-9-10-11-12-13-14-15-27-23-17-22-20(16-21(23)25)19(2)18-24(3,4)26-22;1-4-5-11-21(16-9-7-6-8-10-16)20-15(3)17-13-18(22)14(2)12-19(17)23-20/h16-17,19,25H,5-15,18H2,1-4H3;6-10,12-13,15,20,22H,4-5,11H2,1-3H3. The van der Waals surface area contributed by atoms with Gasteiger partial charge in [-0.15, -0.1) is 11.8 Å². The van der Waals surface area contributed by atoms with Crippen LogP contribution in [0.1, 0.15) is 154 Å². The number of hydrogen-bond donors (Lipinski definition) is 2. The largest absolute Gasteiger partial charge is 0.508 e. The van der Waals surface area contributed by atoms with E-state index in [9.17, 15) is 10.2 Å². The quantitative estimate of drug-likeness (QED) is 0.108. The summed E-state index contributed by atoms with van der Waals surface area (Å²) in [5, 5.41) is 20.4. The van der Waals surface area contributed by atoms with Crippen LogP contribution in [0.15, 0.2) is 59.5 Å². The van der Waals surface area contributed by atoms with Gasteiger partial charge in [0.15, 0.2) is 6.23 Å². The molecule has 3 atom stereocenters. The summed E-state index contributed by atoms with van der Waals surface area (Å²) < 4.78 is 12.5. The number of thioether (sulfide) groups is 1. The average Bonchev–Trinajstić information content (AvgIpc) is 3.39. The Balaban J connectivity index is 0.000000227. The monoisotopic (exact) mass is 703 g/mol. The van der Waals surface area contributed by atoms with E-state index in [0.717, 1.165) is 64.6 Å². The smallest absolute Gasteiger partial charge is 0.179 e. The number of phenols is 2. The number of anilines is 1. The van der Waals surface area contributed by atoms with E-state index in [4.69, 9.17) is 9.47 Å². The Morgan fingerprint density at radius 2 is 1.38 bits per heavy atom. The van der Waals surface area contributed by atoms with E-state index in [-0.39, 0.29) is 17.7 Å². The van der Waals surface area contributed by atoms with Crippen LogP contribution in [0, 0.1) is 6.92 Å². The van der Waals surface area contributed by atoms with Gasteiger partial charge < -0.3 is 24.6 Å². The number of rotatable bonds is 17. The molecule has 5 rings (SSSR count). The maximum Gasteiger partial charge on any atom is 0.179 e. The maximum atomic E-state index is 10.4. The second-order valence-corrected chi connectivity index (χ2v) is 16.3. The number of unbranched alkanes of at least 4 members (excludes halogenated alkanes) is 10. The Labute approximate surface area is 308 Å². The van der Waals surface area contributed by atoms with Crippen molar-refractivity contribution >= 4 is 17.4 Å². The molecule has 2 aliphatic heterocycles. The molecule has 0 amide bonds. The second kappa shape index (κ2) is 19.6. The molecule has 0 spiro atoms. The van der Waals surface area contributed by atoms with Gasteiger partial charge in [0, 0.05) is 29.3 Å². The first-order valence-electron chi connectivity index (χ1n) is 19.5. The van der Waals surface area contributed by atoms with Crippen LogP contribution in [0.4, 0.5) is 5.69 Å². The van der Waals surface area contributed by atoms with Crippen LogP contribution < -0.4 is 14.4 Å². The summed E-state index contributed by atoms with van der Waals surface area (Å²) in [4.78, 5) is 3.31. The second-order valence-electron chi connectivity index (χ2n) is 15.2. The van der Waals surface area contributed by atoms with Crippen molar-refractivity contribution in [2.75, 3.05) is 17.2 Å². The maximum absolute atomic E-state index is 10.4. The Bertz CT molecular complexity index is 1460. The molecule has 0 bridgehead atoms. The highest BCUT2D eigenvalue weighted by Gasteiger charge is 2.36. The van der Waals surface area contributed by atoms with Crippen LogP contribution in [0.2, 0.25) is 0 Å². The molecule has 0 aliphatic carbocycles. The molecule has 50 heavy (non-hydrogen) atoms. The third kappa shape index (κ3) is 11.3. The van der Waals surface area contributed by atoms with E-state index in [1.807, 2.05) is 31.2 Å². The van der Waals surface area contributed by atoms with Gasteiger partial charge in [-0.3, -0.25) is 0 Å². The molecule has 0 saturated carbocycles. The Hall–Kier alpha value is -2.99. The van der Waals surface area contributed by atoms with Gasteiger partial charge in [0.2, 0.25) is 0 Å². The third-order valence-electron chi connectivity index (χ3n) is 10.2. The minimum atomic E-state index is -0.123. The molecule has 276 valence electrons. The zero-order valence-corrected chi connectivity index (χ0v) is 32.9. The van der Waals surface area contributed by atoms with Gasteiger partial charge in [-0.1, -0.05) is 110 Å². The van der Waals surface area contributed by atoms with E-state index in [2.05, 4.69) is 76.8 Å². The fourth-order valence-corrected chi connectivity index (χ4v) is 8.29. The molecular weight excluding hydrogens is 639 g/mol. The first kappa shape index (κ1) is 39.8. The van der Waals surface area contributed by atoms with Crippen molar-refractivity contribution in [3.8, 4) is 23.0 Å². The van der Waals surface area contributed by atoms with Crippen molar-refractivity contribution in [2.45, 2.75) is 160 Å². The number of aryl methyl sites for hydroxylation is 1. The molecule has 2 heterocycles. The van der Waals surface area contributed by atoms with Gasteiger partial charge in [-0.25, -0.2) is 0 Å². The number of hydrogen-bond acceptors (Lipinski definition) is 6. The summed E-state index contributed by atoms with van der Waals surface area (Å²) >= 11 is 1.77. The highest BCUT2D eigenvalue weighted by Crippen LogP contribution is 2.46. The molecule has 3 aromatic rings. The van der Waals surface area contributed by atoms with Crippen molar-refractivity contribution in [3.63, 3.8) is 0 Å². The normalized spacial score (nSPS) is 18.7. The summed E-state index contributed by atoms with van der Waals surface area (Å²) in [6.45, 7) is 16.0. The minimum Gasteiger partial charge on any atom is -0.508 e. The zero-order valence-electron chi connectivity index (χ0n) is 32.1. The SMILES string of the molecule is CCCCCCCCCCCCSc1cc2c(cc1O)C(C)CC(C)(C)O2.CCCCN(c1ccccc1)C1Oc2cc(C)c(O)cc2C1C. The molecule has 5 nitrogen and oxygen atoms in total. The number of phenolic OH excluding ortho intramolecular Hbond substituents is 2. The lowest BCUT2D eigenvalue weighted by atomic mass is 9.86. The Kier molecular flexibility index (Phi) is 15.6. The molecule has 2 aliphatic rings. The first-order valence-corrected chi connectivity index (χ1v) is 20.5. The van der Waals surface area contributed by atoms with Crippen LogP contribution in [0.25, 0.3) is 0 Å². The van der Waals surface area contributed by atoms with E-state index >= 15 is 0 Å². The van der Waals surface area contributed by atoms with Crippen LogP contribution >= 0.6 is 11.8 Å². The fourth-order valence-electron chi connectivity index (χ4n) is 7.33. The van der Waals surface area contributed by atoms with Gasteiger partial charge >= 0.3 is 0 Å². The number of benzene rings is 3. The topological polar surface area (TPSA) is 62.2 Å². The molecule has 3 unspecified atom stereocenters. The Morgan fingerprint density at radius 3 is 2.04 bits per heavy atom. The zero-order chi connectivity index (χ0) is 36.1.